The zero-order valence-corrected chi connectivity index (χ0v) is 17.1. The fourth-order valence-electron chi connectivity index (χ4n) is 3.76. The van der Waals surface area contributed by atoms with Gasteiger partial charge in [-0.2, -0.15) is 0 Å². The van der Waals surface area contributed by atoms with Crippen LogP contribution in [0.4, 0.5) is 0 Å². The van der Waals surface area contributed by atoms with Crippen LogP contribution in [0.5, 0.6) is 0 Å². The number of likely N-dealkylation sites (tertiary alicyclic amines) is 1. The van der Waals surface area contributed by atoms with E-state index in [2.05, 4.69) is 4.72 Å². The van der Waals surface area contributed by atoms with Gasteiger partial charge in [0, 0.05) is 18.7 Å². The standard InChI is InChI=1S/C21H26N2O4S/c1-3-14-28(26,27)22-20(25)21(2)12-7-13-23(15-21)19(24)18-11-6-9-16-8-4-5-10-17(16)18/h4-6,8-11H,3,7,12-15H2,1-2H3,(H,22,25). The summed E-state index contributed by atoms with van der Waals surface area (Å²) in [5.74, 6) is -0.753. The Hall–Kier alpha value is -2.41. The molecule has 3 rings (SSSR count). The molecule has 0 aliphatic carbocycles. The van der Waals surface area contributed by atoms with Crippen molar-refractivity contribution in [1.29, 1.82) is 0 Å². The van der Waals surface area contributed by atoms with Crippen LogP contribution in [-0.2, 0) is 14.8 Å². The molecule has 28 heavy (non-hydrogen) atoms. The fourth-order valence-corrected chi connectivity index (χ4v) is 4.93. The maximum atomic E-state index is 13.2. The van der Waals surface area contributed by atoms with Crippen LogP contribution < -0.4 is 4.72 Å². The summed E-state index contributed by atoms with van der Waals surface area (Å²) in [6.45, 7) is 4.22. The van der Waals surface area contributed by atoms with E-state index in [1.165, 1.54) is 0 Å². The van der Waals surface area contributed by atoms with Crippen molar-refractivity contribution < 1.29 is 18.0 Å². The number of carbonyl (C=O) groups is 2. The lowest BCUT2D eigenvalue weighted by Gasteiger charge is -2.39. The van der Waals surface area contributed by atoms with E-state index in [9.17, 15) is 18.0 Å². The second kappa shape index (κ2) is 7.91. The Bertz CT molecular complexity index is 997. The molecule has 0 bridgehead atoms. The third-order valence-corrected chi connectivity index (χ3v) is 6.72. The number of fused-ring (bicyclic) bond motifs is 1. The smallest absolute Gasteiger partial charge is 0.254 e. The summed E-state index contributed by atoms with van der Waals surface area (Å²) in [6, 6.07) is 13.3. The van der Waals surface area contributed by atoms with E-state index in [4.69, 9.17) is 0 Å². The van der Waals surface area contributed by atoms with Crippen molar-refractivity contribution in [2.75, 3.05) is 18.8 Å². The van der Waals surface area contributed by atoms with Crippen molar-refractivity contribution in [1.82, 2.24) is 9.62 Å². The maximum absolute atomic E-state index is 13.2. The minimum absolute atomic E-state index is 0.0898. The van der Waals surface area contributed by atoms with E-state index in [0.717, 1.165) is 10.8 Å². The number of piperidine rings is 1. The molecule has 2 aromatic rings. The van der Waals surface area contributed by atoms with E-state index in [1.54, 1.807) is 24.8 Å². The Labute approximate surface area is 166 Å². The minimum atomic E-state index is -3.64. The van der Waals surface area contributed by atoms with Crippen LogP contribution in [0.2, 0.25) is 0 Å². The summed E-state index contributed by atoms with van der Waals surface area (Å²) in [4.78, 5) is 27.6. The van der Waals surface area contributed by atoms with Gasteiger partial charge in [-0.3, -0.25) is 14.3 Å². The van der Waals surface area contributed by atoms with Crippen molar-refractivity contribution in [3.05, 3.63) is 48.0 Å². The second-order valence-electron chi connectivity index (χ2n) is 7.67. The van der Waals surface area contributed by atoms with Gasteiger partial charge in [0.15, 0.2) is 0 Å². The lowest BCUT2D eigenvalue weighted by Crippen LogP contribution is -2.53. The normalized spacial score (nSPS) is 20.1. The van der Waals surface area contributed by atoms with E-state index in [0.29, 0.717) is 31.4 Å². The number of nitrogens with one attached hydrogen (secondary N) is 1. The van der Waals surface area contributed by atoms with Crippen molar-refractivity contribution in [3.63, 3.8) is 0 Å². The van der Waals surface area contributed by atoms with E-state index in [-0.39, 0.29) is 18.2 Å². The molecule has 0 spiro atoms. The number of sulfonamides is 1. The van der Waals surface area contributed by atoms with Crippen LogP contribution in [0.15, 0.2) is 42.5 Å². The second-order valence-corrected chi connectivity index (χ2v) is 9.51. The molecule has 1 aliphatic rings. The Morgan fingerprint density at radius 2 is 1.86 bits per heavy atom. The molecular formula is C21H26N2O4S. The highest BCUT2D eigenvalue weighted by Crippen LogP contribution is 2.31. The average Bonchev–Trinajstić information content (AvgIpc) is 2.66. The summed E-state index contributed by atoms with van der Waals surface area (Å²) in [6.07, 6.45) is 1.62. The van der Waals surface area contributed by atoms with E-state index < -0.39 is 21.3 Å². The molecule has 1 aliphatic heterocycles. The summed E-state index contributed by atoms with van der Waals surface area (Å²) < 4.78 is 26.2. The van der Waals surface area contributed by atoms with Crippen LogP contribution >= 0.6 is 0 Å². The first kappa shape index (κ1) is 20.3. The number of nitrogens with zero attached hydrogens (tertiary/aromatic N) is 1. The van der Waals surface area contributed by atoms with Crippen molar-refractivity contribution in [3.8, 4) is 0 Å². The number of hydrogen-bond acceptors (Lipinski definition) is 4. The van der Waals surface area contributed by atoms with Gasteiger partial charge in [0.1, 0.15) is 0 Å². The summed E-state index contributed by atoms with van der Waals surface area (Å²) in [5, 5.41) is 1.86. The number of benzene rings is 2. The first-order valence-electron chi connectivity index (χ1n) is 9.58. The fraction of sp³-hybridized carbons (Fsp3) is 0.429. The molecule has 0 aromatic heterocycles. The van der Waals surface area contributed by atoms with Gasteiger partial charge in [-0.15, -0.1) is 0 Å². The highest BCUT2D eigenvalue weighted by atomic mass is 32.2. The molecule has 1 N–H and O–H groups in total. The van der Waals surface area contributed by atoms with Gasteiger partial charge in [-0.25, -0.2) is 8.42 Å². The lowest BCUT2D eigenvalue weighted by atomic mass is 9.81. The highest BCUT2D eigenvalue weighted by molar-refractivity contribution is 7.90. The van der Waals surface area contributed by atoms with E-state index in [1.807, 2.05) is 36.4 Å². The average molecular weight is 403 g/mol. The molecule has 1 unspecified atom stereocenters. The number of amides is 2. The largest absolute Gasteiger partial charge is 0.338 e. The SMILES string of the molecule is CCCS(=O)(=O)NC(=O)C1(C)CCCN(C(=O)c2cccc3ccccc23)C1. The molecule has 150 valence electrons. The Kier molecular flexibility index (Phi) is 5.74. The topological polar surface area (TPSA) is 83.6 Å². The number of hydrogen-bond donors (Lipinski definition) is 1. The molecule has 0 saturated carbocycles. The third kappa shape index (κ3) is 4.19. The van der Waals surface area contributed by atoms with Gasteiger partial charge in [-0.05, 0) is 43.0 Å². The Morgan fingerprint density at radius 3 is 2.61 bits per heavy atom. The Balaban J connectivity index is 1.82. The number of carbonyl (C=O) groups excluding carboxylic acids is 2. The first-order chi connectivity index (χ1) is 13.3. The molecule has 1 heterocycles. The molecular weight excluding hydrogens is 376 g/mol. The van der Waals surface area contributed by atoms with Crippen LogP contribution in [0.25, 0.3) is 10.8 Å². The zero-order valence-electron chi connectivity index (χ0n) is 16.3. The third-order valence-electron chi connectivity index (χ3n) is 5.27. The molecule has 1 atom stereocenters. The van der Waals surface area contributed by atoms with Gasteiger partial charge >= 0.3 is 0 Å². The molecule has 1 saturated heterocycles. The van der Waals surface area contributed by atoms with Gasteiger partial charge in [0.25, 0.3) is 5.91 Å². The van der Waals surface area contributed by atoms with Gasteiger partial charge in [0.05, 0.1) is 11.2 Å². The predicted octanol–water partition coefficient (Wildman–Crippen LogP) is 2.94. The van der Waals surface area contributed by atoms with E-state index >= 15 is 0 Å². The first-order valence-corrected chi connectivity index (χ1v) is 11.2. The molecule has 2 aromatic carbocycles. The predicted molar refractivity (Wildman–Crippen MR) is 109 cm³/mol. The minimum Gasteiger partial charge on any atom is -0.338 e. The van der Waals surface area contributed by atoms with Crippen molar-refractivity contribution in [2.24, 2.45) is 5.41 Å². The van der Waals surface area contributed by atoms with Gasteiger partial charge in [0.2, 0.25) is 15.9 Å². The van der Waals surface area contributed by atoms with Crippen LogP contribution in [0.1, 0.15) is 43.5 Å². The molecule has 6 nitrogen and oxygen atoms in total. The quantitative estimate of drug-likeness (QED) is 0.833. The van der Waals surface area contributed by atoms with Crippen molar-refractivity contribution >= 4 is 32.6 Å². The van der Waals surface area contributed by atoms with Gasteiger partial charge in [-0.1, -0.05) is 43.3 Å². The Morgan fingerprint density at radius 1 is 1.14 bits per heavy atom. The van der Waals surface area contributed by atoms with Crippen LogP contribution in [0.3, 0.4) is 0 Å². The summed E-state index contributed by atoms with van der Waals surface area (Å²) in [5.41, 5.74) is -0.333. The lowest BCUT2D eigenvalue weighted by molar-refractivity contribution is -0.130. The van der Waals surface area contributed by atoms with Crippen LogP contribution in [0, 0.1) is 5.41 Å². The van der Waals surface area contributed by atoms with Crippen LogP contribution in [-0.4, -0.2) is 44.0 Å². The molecule has 1 fully saturated rings. The molecule has 0 radical (unpaired) electrons. The van der Waals surface area contributed by atoms with Gasteiger partial charge < -0.3 is 4.90 Å². The number of rotatable bonds is 5. The summed E-state index contributed by atoms with van der Waals surface area (Å²) >= 11 is 0. The highest BCUT2D eigenvalue weighted by Gasteiger charge is 2.41. The summed E-state index contributed by atoms with van der Waals surface area (Å²) in [7, 11) is -3.64. The molecule has 7 heteroatoms. The zero-order chi connectivity index (χ0) is 20.4. The molecule has 2 amide bonds. The monoisotopic (exact) mass is 402 g/mol. The maximum Gasteiger partial charge on any atom is 0.254 e. The van der Waals surface area contributed by atoms with Crippen molar-refractivity contribution in [2.45, 2.75) is 33.1 Å².